The summed E-state index contributed by atoms with van der Waals surface area (Å²) in [6.45, 7) is 4.10. The molecule has 0 aliphatic rings. The maximum absolute atomic E-state index is 8.65. The van der Waals surface area contributed by atoms with Crippen LogP contribution in [0.3, 0.4) is 0 Å². The van der Waals surface area contributed by atoms with E-state index in [4.69, 9.17) is 14.3 Å². The molecule has 0 fully saturated rings. The van der Waals surface area contributed by atoms with E-state index in [1.165, 1.54) is 10.8 Å². The second-order valence-electron chi connectivity index (χ2n) is 5.71. The Morgan fingerprint density at radius 3 is 2.87 bits per heavy atom. The Kier molecular flexibility index (Phi) is 5.28. The molecule has 4 heteroatoms. The average molecular weight is 313 g/mol. The van der Waals surface area contributed by atoms with Crippen LogP contribution >= 0.6 is 0 Å². The topological polar surface area (TPSA) is 54.6 Å². The highest BCUT2D eigenvalue weighted by Crippen LogP contribution is 2.30. The molecule has 4 nitrogen and oxygen atoms in total. The third-order valence-electron chi connectivity index (χ3n) is 4.02. The lowest BCUT2D eigenvalue weighted by Gasteiger charge is -2.10. The fourth-order valence-electron chi connectivity index (χ4n) is 2.79. The highest BCUT2D eigenvalue weighted by Gasteiger charge is 2.12. The number of fused-ring (bicyclic) bond motifs is 3. The maximum Gasteiger partial charge on any atom is 0.135 e. The van der Waals surface area contributed by atoms with Crippen LogP contribution in [0.1, 0.15) is 25.1 Å². The van der Waals surface area contributed by atoms with E-state index in [-0.39, 0.29) is 12.6 Å². The molecule has 0 saturated carbocycles. The van der Waals surface area contributed by atoms with Crippen LogP contribution in [0, 0.1) is 0 Å². The Morgan fingerprint density at radius 1 is 1.13 bits per heavy atom. The Bertz CT molecular complexity index is 765. The average Bonchev–Trinajstić information content (AvgIpc) is 3.02. The molecule has 1 atom stereocenters. The first-order valence-electron chi connectivity index (χ1n) is 8.13. The molecule has 0 radical (unpaired) electrons. The molecule has 1 unspecified atom stereocenters. The second kappa shape index (κ2) is 7.59. The van der Waals surface area contributed by atoms with Gasteiger partial charge >= 0.3 is 0 Å². The second-order valence-corrected chi connectivity index (χ2v) is 5.71. The third kappa shape index (κ3) is 3.72. The predicted octanol–water partition coefficient (Wildman–Crippen LogP) is 3.64. The minimum absolute atomic E-state index is 0.0801. The lowest BCUT2D eigenvalue weighted by atomic mass is 10.1. The van der Waals surface area contributed by atoms with E-state index in [2.05, 4.69) is 48.6 Å². The van der Waals surface area contributed by atoms with Crippen molar-refractivity contribution in [3.05, 3.63) is 48.2 Å². The zero-order valence-electron chi connectivity index (χ0n) is 13.4. The Balaban J connectivity index is 1.67. The van der Waals surface area contributed by atoms with Crippen molar-refractivity contribution in [1.29, 1.82) is 0 Å². The first-order chi connectivity index (χ1) is 11.3. The van der Waals surface area contributed by atoms with Crippen molar-refractivity contribution >= 4 is 21.7 Å². The standard InChI is InChI=1S/C19H23NO3/c1-14(20-9-4-11-22-12-10-21)19-13-17-16-6-3-2-5-15(16)7-8-18(17)23-19/h2-3,5-8,13-14,20-21H,4,9-12H2,1H3. The normalized spacial score (nSPS) is 13.0. The minimum atomic E-state index is 0.0801. The van der Waals surface area contributed by atoms with Gasteiger partial charge in [0.05, 0.1) is 19.3 Å². The van der Waals surface area contributed by atoms with Gasteiger partial charge in [-0.3, -0.25) is 0 Å². The maximum atomic E-state index is 8.65. The first-order valence-corrected chi connectivity index (χ1v) is 8.13. The molecule has 1 aromatic heterocycles. The molecule has 0 saturated heterocycles. The van der Waals surface area contributed by atoms with Gasteiger partial charge in [-0.2, -0.15) is 0 Å². The van der Waals surface area contributed by atoms with Gasteiger partial charge in [-0.1, -0.05) is 30.3 Å². The van der Waals surface area contributed by atoms with Gasteiger partial charge in [0.2, 0.25) is 0 Å². The Labute approximate surface area is 136 Å². The molecule has 0 bridgehead atoms. The van der Waals surface area contributed by atoms with E-state index in [0.29, 0.717) is 13.2 Å². The number of hydrogen-bond donors (Lipinski definition) is 2. The summed E-state index contributed by atoms with van der Waals surface area (Å²) in [5, 5.41) is 15.7. The fraction of sp³-hybridized carbons (Fsp3) is 0.368. The van der Waals surface area contributed by atoms with Crippen molar-refractivity contribution in [3.8, 4) is 0 Å². The summed E-state index contributed by atoms with van der Waals surface area (Å²) in [7, 11) is 0. The number of benzene rings is 2. The van der Waals surface area contributed by atoms with E-state index in [1.807, 2.05) is 6.07 Å². The SMILES string of the molecule is CC(NCCCOCCO)c1cc2c(ccc3ccccc32)o1. The van der Waals surface area contributed by atoms with Gasteiger partial charge in [-0.15, -0.1) is 0 Å². The monoisotopic (exact) mass is 313 g/mol. The lowest BCUT2D eigenvalue weighted by Crippen LogP contribution is -2.20. The number of aliphatic hydroxyl groups excluding tert-OH is 1. The number of rotatable bonds is 8. The van der Waals surface area contributed by atoms with Crippen LogP contribution in [0.5, 0.6) is 0 Å². The number of aliphatic hydroxyl groups is 1. The zero-order valence-corrected chi connectivity index (χ0v) is 13.4. The van der Waals surface area contributed by atoms with E-state index < -0.39 is 0 Å². The number of nitrogens with one attached hydrogen (secondary N) is 1. The van der Waals surface area contributed by atoms with Gasteiger partial charge in [0.15, 0.2) is 0 Å². The van der Waals surface area contributed by atoms with Gasteiger partial charge < -0.3 is 19.6 Å². The molecule has 122 valence electrons. The van der Waals surface area contributed by atoms with Gasteiger partial charge in [-0.25, -0.2) is 0 Å². The lowest BCUT2D eigenvalue weighted by molar-refractivity contribution is 0.0903. The van der Waals surface area contributed by atoms with Crippen molar-refractivity contribution < 1.29 is 14.3 Å². The van der Waals surface area contributed by atoms with Gasteiger partial charge in [-0.05, 0) is 42.8 Å². The van der Waals surface area contributed by atoms with Crippen LogP contribution in [0.4, 0.5) is 0 Å². The van der Waals surface area contributed by atoms with E-state index in [1.54, 1.807) is 0 Å². The van der Waals surface area contributed by atoms with E-state index in [0.717, 1.165) is 29.7 Å². The van der Waals surface area contributed by atoms with Gasteiger partial charge in [0.1, 0.15) is 11.3 Å². The van der Waals surface area contributed by atoms with E-state index in [9.17, 15) is 0 Å². The summed E-state index contributed by atoms with van der Waals surface area (Å²) in [6, 6.07) is 14.8. The molecular weight excluding hydrogens is 290 g/mol. The summed E-state index contributed by atoms with van der Waals surface area (Å²) in [4.78, 5) is 0. The molecule has 2 aromatic carbocycles. The summed E-state index contributed by atoms with van der Waals surface area (Å²) < 4.78 is 11.3. The molecule has 0 aliphatic carbocycles. The molecule has 0 spiro atoms. The third-order valence-corrected chi connectivity index (χ3v) is 4.02. The predicted molar refractivity (Wildman–Crippen MR) is 92.7 cm³/mol. The van der Waals surface area contributed by atoms with Crippen molar-refractivity contribution in [3.63, 3.8) is 0 Å². The smallest absolute Gasteiger partial charge is 0.135 e. The molecule has 0 amide bonds. The Morgan fingerprint density at radius 2 is 2.00 bits per heavy atom. The quantitative estimate of drug-likeness (QED) is 0.624. The number of ether oxygens (including phenoxy) is 1. The van der Waals surface area contributed by atoms with Crippen molar-refractivity contribution in [2.24, 2.45) is 0 Å². The molecule has 3 rings (SSSR count). The van der Waals surface area contributed by atoms with Gasteiger partial charge in [0, 0.05) is 12.0 Å². The van der Waals surface area contributed by atoms with Crippen LogP contribution in [0.15, 0.2) is 46.9 Å². The molecule has 23 heavy (non-hydrogen) atoms. The van der Waals surface area contributed by atoms with Crippen molar-refractivity contribution in [2.75, 3.05) is 26.4 Å². The van der Waals surface area contributed by atoms with Crippen LogP contribution < -0.4 is 5.32 Å². The first kappa shape index (κ1) is 16.0. The summed E-state index contributed by atoms with van der Waals surface area (Å²) in [6.07, 6.45) is 0.910. The van der Waals surface area contributed by atoms with Crippen LogP contribution in [0.25, 0.3) is 21.7 Å². The Hall–Kier alpha value is -1.88. The highest BCUT2D eigenvalue weighted by molar-refractivity contribution is 6.05. The molecular formula is C19H23NO3. The van der Waals surface area contributed by atoms with Crippen molar-refractivity contribution in [2.45, 2.75) is 19.4 Å². The van der Waals surface area contributed by atoms with Crippen LogP contribution in [0.2, 0.25) is 0 Å². The summed E-state index contributed by atoms with van der Waals surface area (Å²) in [5.74, 6) is 0.952. The fourth-order valence-corrected chi connectivity index (χ4v) is 2.79. The molecule has 1 heterocycles. The van der Waals surface area contributed by atoms with Gasteiger partial charge in [0.25, 0.3) is 0 Å². The molecule has 0 aliphatic heterocycles. The summed E-state index contributed by atoms with van der Waals surface area (Å²) in [5.41, 5.74) is 0.929. The number of hydrogen-bond acceptors (Lipinski definition) is 4. The largest absolute Gasteiger partial charge is 0.459 e. The van der Waals surface area contributed by atoms with Crippen LogP contribution in [-0.4, -0.2) is 31.5 Å². The minimum Gasteiger partial charge on any atom is -0.459 e. The van der Waals surface area contributed by atoms with Crippen LogP contribution in [-0.2, 0) is 4.74 Å². The molecule has 2 N–H and O–H groups in total. The molecule has 3 aromatic rings. The zero-order chi connectivity index (χ0) is 16.1. The highest BCUT2D eigenvalue weighted by atomic mass is 16.5. The summed E-state index contributed by atoms with van der Waals surface area (Å²) >= 11 is 0. The van der Waals surface area contributed by atoms with Crippen molar-refractivity contribution in [1.82, 2.24) is 5.32 Å². The number of furan rings is 1. The van der Waals surface area contributed by atoms with E-state index >= 15 is 0 Å².